The molecule has 1 aliphatic rings. The fourth-order valence-electron chi connectivity index (χ4n) is 4.01. The second-order valence-corrected chi connectivity index (χ2v) is 7.91. The van der Waals surface area contributed by atoms with Gasteiger partial charge in [-0.1, -0.05) is 12.1 Å². The number of hydrogen-bond donors (Lipinski definition) is 1. The number of aryl methyl sites for hydroxylation is 1. The largest absolute Gasteiger partial charge is 0.480 e. The summed E-state index contributed by atoms with van der Waals surface area (Å²) < 4.78 is 8.67. The van der Waals surface area contributed by atoms with Crippen molar-refractivity contribution in [2.45, 2.75) is 51.6 Å². The molecule has 0 atom stereocenters. The van der Waals surface area contributed by atoms with Crippen molar-refractivity contribution in [1.29, 1.82) is 0 Å². The molecular weight excluding hydrogens is 374 g/mol. The number of nitrogens with zero attached hydrogens (tertiary/aromatic N) is 5. The van der Waals surface area contributed by atoms with Crippen LogP contribution in [-0.4, -0.2) is 53.9 Å². The molecule has 1 N–H and O–H groups in total. The highest BCUT2D eigenvalue weighted by atomic mass is 16.5. The van der Waals surface area contributed by atoms with E-state index in [1.807, 2.05) is 36.1 Å². The number of hydrogen-bond acceptors (Lipinski definition) is 6. The van der Waals surface area contributed by atoms with Crippen LogP contribution in [0.25, 0.3) is 17.0 Å². The minimum atomic E-state index is -0.903. The van der Waals surface area contributed by atoms with E-state index in [4.69, 9.17) is 4.52 Å². The summed E-state index contributed by atoms with van der Waals surface area (Å²) in [7, 11) is 0. The summed E-state index contributed by atoms with van der Waals surface area (Å²) in [6, 6.07) is 7.54. The van der Waals surface area contributed by atoms with Crippen LogP contribution in [0.2, 0.25) is 0 Å². The molecular formula is C20H25N5O4. The van der Waals surface area contributed by atoms with Gasteiger partial charge in [-0.2, -0.15) is 4.98 Å². The van der Waals surface area contributed by atoms with E-state index in [2.05, 4.69) is 10.1 Å². The van der Waals surface area contributed by atoms with Gasteiger partial charge in [-0.25, -0.2) is 9.36 Å². The van der Waals surface area contributed by atoms with Crippen molar-refractivity contribution in [2.75, 3.05) is 13.1 Å². The Morgan fingerprint density at radius 1 is 1.24 bits per heavy atom. The molecule has 3 aromatic rings. The van der Waals surface area contributed by atoms with Gasteiger partial charge >= 0.3 is 11.7 Å². The van der Waals surface area contributed by atoms with Crippen LogP contribution >= 0.6 is 0 Å². The third-order valence-electron chi connectivity index (χ3n) is 5.94. The molecule has 1 aromatic carbocycles. The molecule has 9 nitrogen and oxygen atoms in total. The molecule has 0 bridgehead atoms. The first-order valence-electron chi connectivity index (χ1n) is 9.87. The lowest BCUT2D eigenvalue weighted by molar-refractivity contribution is -0.150. The van der Waals surface area contributed by atoms with Crippen LogP contribution in [0.5, 0.6) is 0 Å². The summed E-state index contributed by atoms with van der Waals surface area (Å²) >= 11 is 0. The van der Waals surface area contributed by atoms with Gasteiger partial charge in [-0.05, 0) is 64.0 Å². The number of fused-ring (bicyclic) bond motifs is 1. The lowest BCUT2D eigenvalue weighted by Crippen LogP contribution is -2.52. The molecule has 154 valence electrons. The lowest BCUT2D eigenvalue weighted by Gasteiger charge is -2.39. The highest BCUT2D eigenvalue weighted by molar-refractivity contribution is 5.78. The maximum absolute atomic E-state index is 12.9. The Morgan fingerprint density at radius 2 is 1.90 bits per heavy atom. The van der Waals surface area contributed by atoms with Gasteiger partial charge in [0.1, 0.15) is 5.54 Å². The topological polar surface area (TPSA) is 106 Å². The summed E-state index contributed by atoms with van der Waals surface area (Å²) in [6.07, 6.45) is 1.45. The molecule has 29 heavy (non-hydrogen) atoms. The molecule has 0 saturated carbocycles. The molecule has 0 radical (unpaired) electrons. The predicted octanol–water partition coefficient (Wildman–Crippen LogP) is 2.24. The van der Waals surface area contributed by atoms with Gasteiger partial charge in [0.2, 0.25) is 5.89 Å². The monoisotopic (exact) mass is 399 g/mol. The van der Waals surface area contributed by atoms with Crippen molar-refractivity contribution in [3.63, 3.8) is 0 Å². The number of aliphatic carboxylic acids is 1. The van der Waals surface area contributed by atoms with Crippen molar-refractivity contribution in [3.8, 4) is 5.95 Å². The van der Waals surface area contributed by atoms with Gasteiger partial charge in [0.05, 0.1) is 11.0 Å². The molecule has 1 aliphatic heterocycles. The van der Waals surface area contributed by atoms with Crippen LogP contribution < -0.4 is 5.69 Å². The number of rotatable bonds is 5. The minimum absolute atomic E-state index is 0.0484. The summed E-state index contributed by atoms with van der Waals surface area (Å²) in [5.41, 5.74) is 0.472. The number of para-hydroxylation sites is 2. The number of imidazole rings is 1. The normalized spacial score (nSPS) is 16.5. The first-order chi connectivity index (χ1) is 13.8. The van der Waals surface area contributed by atoms with E-state index in [-0.39, 0.29) is 17.6 Å². The summed E-state index contributed by atoms with van der Waals surface area (Å²) in [5, 5.41) is 13.5. The minimum Gasteiger partial charge on any atom is -0.480 e. The third kappa shape index (κ3) is 3.15. The summed E-state index contributed by atoms with van der Waals surface area (Å²) in [4.78, 5) is 30.8. The number of piperidine rings is 1. The zero-order valence-corrected chi connectivity index (χ0v) is 16.8. The molecule has 0 aliphatic carbocycles. The van der Waals surface area contributed by atoms with E-state index in [0.29, 0.717) is 25.5 Å². The Labute approximate surface area is 167 Å². The molecule has 1 saturated heterocycles. The Balaban J connectivity index is 1.60. The molecule has 2 aromatic heterocycles. The first-order valence-corrected chi connectivity index (χ1v) is 9.87. The van der Waals surface area contributed by atoms with E-state index in [1.54, 1.807) is 18.4 Å². The van der Waals surface area contributed by atoms with Crippen LogP contribution in [0.4, 0.5) is 0 Å². The number of likely N-dealkylation sites (tertiary alicyclic amines) is 1. The molecule has 3 heterocycles. The van der Waals surface area contributed by atoms with E-state index < -0.39 is 11.5 Å². The fourth-order valence-corrected chi connectivity index (χ4v) is 4.01. The molecule has 0 amide bonds. The van der Waals surface area contributed by atoms with Crippen LogP contribution in [0.15, 0.2) is 33.6 Å². The maximum Gasteiger partial charge on any atom is 0.336 e. The number of aromatic nitrogens is 4. The van der Waals surface area contributed by atoms with E-state index in [9.17, 15) is 14.7 Å². The average molecular weight is 399 g/mol. The SMILES string of the molecule is CCn1c(=O)n(-c2noc(C3CCN(C(C)(C)C(=O)O)CC3)n2)c2ccccc21. The molecule has 9 heteroatoms. The number of benzene rings is 1. The molecule has 1 fully saturated rings. The second-order valence-electron chi connectivity index (χ2n) is 7.91. The standard InChI is InChI=1S/C20H25N5O4/c1-4-24-14-7-5-6-8-15(14)25(19(24)28)18-21-16(29-22-18)13-9-11-23(12-10-13)20(2,3)17(26)27/h5-8,13H,4,9-12H2,1-3H3,(H,26,27). The van der Waals surface area contributed by atoms with Gasteiger partial charge in [-0.3, -0.25) is 14.3 Å². The molecule has 4 rings (SSSR count). The smallest absolute Gasteiger partial charge is 0.336 e. The van der Waals surface area contributed by atoms with Gasteiger partial charge < -0.3 is 9.63 Å². The number of carboxylic acids is 1. The zero-order chi connectivity index (χ0) is 20.8. The Bertz CT molecular complexity index is 1100. The quantitative estimate of drug-likeness (QED) is 0.701. The van der Waals surface area contributed by atoms with Crippen molar-refractivity contribution >= 4 is 17.0 Å². The van der Waals surface area contributed by atoms with E-state index >= 15 is 0 Å². The first kappa shape index (κ1) is 19.4. The van der Waals surface area contributed by atoms with Crippen LogP contribution in [0.3, 0.4) is 0 Å². The average Bonchev–Trinajstić information content (AvgIpc) is 3.29. The highest BCUT2D eigenvalue weighted by Gasteiger charge is 2.38. The number of carboxylic acid groups (broad SMARTS) is 1. The van der Waals surface area contributed by atoms with Gasteiger partial charge in [0.15, 0.2) is 0 Å². The second kappa shape index (κ2) is 7.14. The van der Waals surface area contributed by atoms with Crippen molar-refractivity contribution in [1.82, 2.24) is 24.2 Å². The van der Waals surface area contributed by atoms with Crippen molar-refractivity contribution < 1.29 is 14.4 Å². The highest BCUT2D eigenvalue weighted by Crippen LogP contribution is 2.31. The lowest BCUT2D eigenvalue weighted by atomic mass is 9.92. The Kier molecular flexibility index (Phi) is 4.77. The molecule has 0 unspecified atom stereocenters. The fraction of sp³-hybridized carbons (Fsp3) is 0.500. The Hall–Kier alpha value is -2.94. The van der Waals surface area contributed by atoms with E-state index in [1.165, 1.54) is 4.57 Å². The van der Waals surface area contributed by atoms with Crippen LogP contribution in [0, 0.1) is 0 Å². The predicted molar refractivity (Wildman–Crippen MR) is 106 cm³/mol. The van der Waals surface area contributed by atoms with Gasteiger partial charge in [-0.15, -0.1) is 0 Å². The Morgan fingerprint density at radius 3 is 2.52 bits per heavy atom. The number of carbonyl (C=O) groups is 1. The molecule has 0 spiro atoms. The van der Waals surface area contributed by atoms with E-state index in [0.717, 1.165) is 23.9 Å². The summed E-state index contributed by atoms with van der Waals surface area (Å²) in [5.74, 6) is -0.0512. The van der Waals surface area contributed by atoms with Crippen molar-refractivity contribution in [2.24, 2.45) is 0 Å². The summed E-state index contributed by atoms with van der Waals surface area (Å²) in [6.45, 7) is 7.18. The van der Waals surface area contributed by atoms with Crippen LogP contribution in [-0.2, 0) is 11.3 Å². The third-order valence-corrected chi connectivity index (χ3v) is 5.94. The van der Waals surface area contributed by atoms with Gasteiger partial charge in [0.25, 0.3) is 5.95 Å². The van der Waals surface area contributed by atoms with Crippen molar-refractivity contribution in [3.05, 3.63) is 40.6 Å². The maximum atomic E-state index is 12.9. The zero-order valence-electron chi connectivity index (χ0n) is 16.8. The van der Waals surface area contributed by atoms with Gasteiger partial charge in [0, 0.05) is 12.5 Å². The van der Waals surface area contributed by atoms with Crippen LogP contribution in [0.1, 0.15) is 45.4 Å².